The van der Waals surface area contributed by atoms with Gasteiger partial charge in [0.25, 0.3) is 0 Å². The smallest absolute Gasteiger partial charge is 0.231 e. The molecule has 3 heteroatoms. The van der Waals surface area contributed by atoms with Crippen molar-refractivity contribution >= 4 is 5.91 Å². The monoisotopic (exact) mass is 154 g/mol. The first kappa shape index (κ1) is 9.99. The van der Waals surface area contributed by atoms with Gasteiger partial charge in [0.05, 0.1) is 6.54 Å². The van der Waals surface area contributed by atoms with Crippen molar-refractivity contribution in [3.63, 3.8) is 0 Å². The van der Waals surface area contributed by atoms with Crippen LogP contribution in [0.25, 0.3) is 0 Å². The van der Waals surface area contributed by atoms with Crippen molar-refractivity contribution in [2.24, 2.45) is 5.73 Å². The number of primary amides is 1. The Balaban J connectivity index is 3.41. The minimum Gasteiger partial charge on any atom is -0.369 e. The second-order valence-corrected chi connectivity index (χ2v) is 2.38. The largest absolute Gasteiger partial charge is 0.369 e. The summed E-state index contributed by atoms with van der Waals surface area (Å²) in [7, 11) is 1.85. The highest BCUT2D eigenvalue weighted by Crippen LogP contribution is 1.84. The molecule has 0 fully saturated rings. The molecule has 2 N–H and O–H groups in total. The maximum Gasteiger partial charge on any atom is 0.231 e. The van der Waals surface area contributed by atoms with Crippen molar-refractivity contribution in [1.29, 1.82) is 0 Å². The lowest BCUT2D eigenvalue weighted by Crippen LogP contribution is -2.31. The van der Waals surface area contributed by atoms with Gasteiger partial charge >= 0.3 is 0 Å². The van der Waals surface area contributed by atoms with Crippen LogP contribution in [0.1, 0.15) is 13.3 Å². The molecule has 0 radical (unpaired) electrons. The third-order valence-corrected chi connectivity index (χ3v) is 1.22. The molecule has 0 rings (SSSR count). The second kappa shape index (κ2) is 5.75. The number of hydrogen-bond acceptors (Lipinski definition) is 2. The molecule has 0 aliphatic carbocycles. The number of carbonyl (C=O) groups is 1. The first-order valence-corrected chi connectivity index (χ1v) is 3.53. The molecule has 0 aromatic carbocycles. The maximum absolute atomic E-state index is 10.4. The van der Waals surface area contributed by atoms with E-state index in [2.05, 4.69) is 11.8 Å². The molecule has 0 heterocycles. The fourth-order valence-electron chi connectivity index (χ4n) is 0.717. The van der Waals surface area contributed by atoms with E-state index in [1.165, 1.54) is 0 Å². The highest BCUT2D eigenvalue weighted by molar-refractivity contribution is 5.75. The molecule has 1 amide bonds. The molecule has 0 saturated carbocycles. The fourth-order valence-corrected chi connectivity index (χ4v) is 0.717. The van der Waals surface area contributed by atoms with E-state index in [0.717, 1.165) is 13.0 Å². The van der Waals surface area contributed by atoms with Gasteiger partial charge in [-0.05, 0) is 14.0 Å². The van der Waals surface area contributed by atoms with E-state index >= 15 is 0 Å². The van der Waals surface area contributed by atoms with E-state index in [0.29, 0.717) is 6.54 Å². The molecule has 0 aromatic rings. The highest BCUT2D eigenvalue weighted by atomic mass is 16.1. The Morgan fingerprint density at radius 1 is 1.64 bits per heavy atom. The van der Waals surface area contributed by atoms with Gasteiger partial charge in [-0.2, -0.15) is 0 Å². The molecule has 0 aliphatic heterocycles. The second-order valence-electron chi connectivity index (χ2n) is 2.38. The van der Waals surface area contributed by atoms with Crippen molar-refractivity contribution in [1.82, 2.24) is 4.90 Å². The van der Waals surface area contributed by atoms with Crippen LogP contribution in [-0.2, 0) is 4.79 Å². The third-order valence-electron chi connectivity index (χ3n) is 1.22. The van der Waals surface area contributed by atoms with Crippen LogP contribution in [0, 0.1) is 11.8 Å². The number of carbonyl (C=O) groups excluding carboxylic acids is 1. The predicted octanol–water partition coefficient (Wildman–Crippen LogP) is -0.183. The third kappa shape index (κ3) is 6.88. The van der Waals surface area contributed by atoms with Gasteiger partial charge < -0.3 is 5.73 Å². The molecule has 62 valence electrons. The lowest BCUT2D eigenvalue weighted by Gasteiger charge is -2.11. The van der Waals surface area contributed by atoms with Gasteiger partial charge in [0.15, 0.2) is 0 Å². The molecular formula is C8H14N2O. The molecule has 0 spiro atoms. The zero-order valence-corrected chi connectivity index (χ0v) is 7.05. The summed E-state index contributed by atoms with van der Waals surface area (Å²) in [4.78, 5) is 12.2. The highest BCUT2D eigenvalue weighted by Gasteiger charge is 1.99. The lowest BCUT2D eigenvalue weighted by atomic mass is 10.4. The summed E-state index contributed by atoms with van der Waals surface area (Å²) in [6, 6.07) is 0. The first-order chi connectivity index (χ1) is 5.16. The van der Waals surface area contributed by atoms with E-state index < -0.39 is 0 Å². The summed E-state index contributed by atoms with van der Waals surface area (Å²) < 4.78 is 0. The Labute approximate surface area is 67.6 Å². The van der Waals surface area contributed by atoms with E-state index in [-0.39, 0.29) is 5.91 Å². The number of likely N-dealkylation sites (N-methyl/N-ethyl adjacent to an activating group) is 1. The van der Waals surface area contributed by atoms with Crippen molar-refractivity contribution in [3.05, 3.63) is 0 Å². The van der Waals surface area contributed by atoms with Gasteiger partial charge in [0.1, 0.15) is 0 Å². The maximum atomic E-state index is 10.4. The Bertz CT molecular complexity index is 178. The number of rotatable bonds is 4. The zero-order valence-electron chi connectivity index (χ0n) is 7.05. The van der Waals surface area contributed by atoms with E-state index in [9.17, 15) is 4.79 Å². The molecule has 0 aromatic heterocycles. The van der Waals surface area contributed by atoms with Gasteiger partial charge in [-0.25, -0.2) is 0 Å². The van der Waals surface area contributed by atoms with Gasteiger partial charge in [-0.1, -0.05) is 0 Å². The quantitative estimate of drug-likeness (QED) is 0.571. The average molecular weight is 154 g/mol. The predicted molar refractivity (Wildman–Crippen MR) is 44.8 cm³/mol. The van der Waals surface area contributed by atoms with Crippen LogP contribution >= 0.6 is 0 Å². The van der Waals surface area contributed by atoms with Gasteiger partial charge in [0, 0.05) is 13.0 Å². The number of nitrogens with two attached hydrogens (primary N) is 1. The number of hydrogen-bond donors (Lipinski definition) is 1. The van der Waals surface area contributed by atoms with Crippen molar-refractivity contribution in [2.75, 3.05) is 20.1 Å². The first-order valence-electron chi connectivity index (χ1n) is 3.53. The van der Waals surface area contributed by atoms with Crippen molar-refractivity contribution in [2.45, 2.75) is 13.3 Å². The Kier molecular flexibility index (Phi) is 5.22. The number of amides is 1. The summed E-state index contributed by atoms with van der Waals surface area (Å²) >= 11 is 0. The van der Waals surface area contributed by atoms with E-state index in [1.807, 2.05) is 11.9 Å². The molecule has 0 unspecified atom stereocenters. The lowest BCUT2D eigenvalue weighted by molar-refractivity contribution is -0.118. The van der Waals surface area contributed by atoms with E-state index in [1.54, 1.807) is 6.92 Å². The van der Waals surface area contributed by atoms with E-state index in [4.69, 9.17) is 5.73 Å². The van der Waals surface area contributed by atoms with Crippen LogP contribution in [0.15, 0.2) is 0 Å². The summed E-state index contributed by atoms with van der Waals surface area (Å²) in [5, 5.41) is 0. The van der Waals surface area contributed by atoms with Crippen LogP contribution < -0.4 is 5.73 Å². The van der Waals surface area contributed by atoms with Crippen LogP contribution in [0.4, 0.5) is 0 Å². The zero-order chi connectivity index (χ0) is 8.69. The van der Waals surface area contributed by atoms with Gasteiger partial charge in [0.2, 0.25) is 5.91 Å². The standard InChI is InChI=1S/C8H14N2O/c1-3-4-5-6-10(2)7-8(9)11/h5-7H2,1-2H3,(H2,9,11). The van der Waals surface area contributed by atoms with Crippen molar-refractivity contribution in [3.8, 4) is 11.8 Å². The van der Waals surface area contributed by atoms with Gasteiger partial charge in [-0.15, -0.1) is 11.8 Å². The van der Waals surface area contributed by atoms with Crippen LogP contribution in [-0.4, -0.2) is 30.9 Å². The molecule has 0 atom stereocenters. The topological polar surface area (TPSA) is 46.3 Å². The average Bonchev–Trinajstić information content (AvgIpc) is 1.86. The number of nitrogens with zero attached hydrogens (tertiary/aromatic N) is 1. The normalized spacial score (nSPS) is 9.00. The molecule has 0 aliphatic rings. The Hall–Kier alpha value is -1.01. The SMILES string of the molecule is CC#CCCN(C)CC(N)=O. The molecule has 3 nitrogen and oxygen atoms in total. The van der Waals surface area contributed by atoms with Gasteiger partial charge in [-0.3, -0.25) is 9.69 Å². The van der Waals surface area contributed by atoms with Crippen molar-refractivity contribution < 1.29 is 4.79 Å². The minimum absolute atomic E-state index is 0.294. The molecule has 0 bridgehead atoms. The Morgan fingerprint density at radius 3 is 2.73 bits per heavy atom. The summed E-state index contributed by atoms with van der Waals surface area (Å²) in [5.74, 6) is 5.40. The summed E-state index contributed by atoms with van der Waals surface area (Å²) in [6.45, 7) is 2.91. The molecule has 11 heavy (non-hydrogen) atoms. The molecular weight excluding hydrogens is 140 g/mol. The summed E-state index contributed by atoms with van der Waals surface area (Å²) in [6.07, 6.45) is 0.792. The fraction of sp³-hybridized carbons (Fsp3) is 0.625. The van der Waals surface area contributed by atoms with Crippen LogP contribution in [0.2, 0.25) is 0 Å². The molecule has 0 saturated heterocycles. The van der Waals surface area contributed by atoms with Crippen LogP contribution in [0.3, 0.4) is 0 Å². The van der Waals surface area contributed by atoms with Crippen LogP contribution in [0.5, 0.6) is 0 Å². The summed E-state index contributed by atoms with van der Waals surface area (Å²) in [5.41, 5.74) is 4.98. The Morgan fingerprint density at radius 2 is 2.27 bits per heavy atom. The minimum atomic E-state index is -0.294.